The molecule has 20 heavy (non-hydrogen) atoms. The lowest BCUT2D eigenvalue weighted by molar-refractivity contribution is 0.0830. The third kappa shape index (κ3) is 2.89. The lowest BCUT2D eigenvalue weighted by atomic mass is 9.99. The van der Waals surface area contributed by atoms with Crippen LogP contribution < -0.4 is 5.32 Å². The highest BCUT2D eigenvalue weighted by molar-refractivity contribution is 7.03. The topological polar surface area (TPSA) is 64.9 Å². The maximum atomic E-state index is 5.91. The van der Waals surface area contributed by atoms with E-state index in [1.165, 1.54) is 17.2 Å². The molecule has 1 saturated heterocycles. The van der Waals surface area contributed by atoms with Crippen LogP contribution >= 0.6 is 11.5 Å². The molecule has 108 valence electrons. The van der Waals surface area contributed by atoms with Gasteiger partial charge in [0.25, 0.3) is 0 Å². The van der Waals surface area contributed by atoms with Gasteiger partial charge in [0.15, 0.2) is 0 Å². The third-order valence-corrected chi connectivity index (χ3v) is 4.23. The van der Waals surface area contributed by atoms with Crippen molar-refractivity contribution in [2.45, 2.75) is 32.5 Å². The van der Waals surface area contributed by atoms with Crippen molar-refractivity contribution in [1.82, 2.24) is 24.7 Å². The van der Waals surface area contributed by atoms with Gasteiger partial charge in [-0.15, -0.1) is 5.10 Å². The van der Waals surface area contributed by atoms with Gasteiger partial charge in [0.1, 0.15) is 6.10 Å². The van der Waals surface area contributed by atoms with Crippen LogP contribution in [0.3, 0.4) is 0 Å². The van der Waals surface area contributed by atoms with Gasteiger partial charge in [-0.2, -0.15) is 5.10 Å². The van der Waals surface area contributed by atoms with E-state index in [1.54, 1.807) is 0 Å². The number of aromatic nitrogens is 4. The van der Waals surface area contributed by atoms with Crippen LogP contribution in [0.2, 0.25) is 0 Å². The number of nitrogens with zero attached hydrogens (tertiary/aromatic N) is 4. The van der Waals surface area contributed by atoms with Crippen LogP contribution in [0.15, 0.2) is 17.6 Å². The maximum absolute atomic E-state index is 5.91. The highest BCUT2D eigenvalue weighted by Gasteiger charge is 2.31. The van der Waals surface area contributed by atoms with Gasteiger partial charge in [0.05, 0.1) is 11.4 Å². The molecular formula is C13H19N5OS. The highest BCUT2D eigenvalue weighted by atomic mass is 32.1. The van der Waals surface area contributed by atoms with Gasteiger partial charge in [-0.3, -0.25) is 4.68 Å². The second-order valence-electron chi connectivity index (χ2n) is 4.94. The molecule has 0 aromatic carbocycles. The molecule has 2 aromatic heterocycles. The Balaban J connectivity index is 1.58. The monoisotopic (exact) mass is 293 g/mol. The molecule has 0 bridgehead atoms. The number of aryl methyl sites for hydroxylation is 1. The second kappa shape index (κ2) is 6.43. The summed E-state index contributed by atoms with van der Waals surface area (Å²) in [4.78, 5) is 0. The Bertz CT molecular complexity index is 527. The normalized spacial score (nSPS) is 22.4. The van der Waals surface area contributed by atoms with Gasteiger partial charge in [0, 0.05) is 43.7 Å². The fourth-order valence-electron chi connectivity index (χ4n) is 2.67. The molecule has 1 fully saturated rings. The van der Waals surface area contributed by atoms with Crippen molar-refractivity contribution in [1.29, 1.82) is 0 Å². The van der Waals surface area contributed by atoms with Gasteiger partial charge in [-0.1, -0.05) is 4.49 Å². The predicted octanol–water partition coefficient (Wildman–Crippen LogP) is 1.62. The number of rotatable bonds is 6. The van der Waals surface area contributed by atoms with Gasteiger partial charge in [-0.25, -0.2) is 0 Å². The summed E-state index contributed by atoms with van der Waals surface area (Å²) in [5.41, 5.74) is 2.19. The summed E-state index contributed by atoms with van der Waals surface area (Å²) >= 11 is 1.39. The maximum Gasteiger partial charge on any atom is 0.103 e. The molecule has 0 unspecified atom stereocenters. The molecule has 3 rings (SSSR count). The summed E-state index contributed by atoms with van der Waals surface area (Å²) < 4.78 is 11.8. The van der Waals surface area contributed by atoms with Crippen LogP contribution in [0.4, 0.5) is 0 Å². The lowest BCUT2D eigenvalue weighted by Gasteiger charge is -2.19. The molecule has 2 atom stereocenters. The molecule has 2 aromatic rings. The van der Waals surface area contributed by atoms with Crippen molar-refractivity contribution in [2.24, 2.45) is 5.92 Å². The molecule has 0 saturated carbocycles. The first-order valence-electron chi connectivity index (χ1n) is 6.98. The van der Waals surface area contributed by atoms with Crippen LogP contribution in [-0.4, -0.2) is 32.5 Å². The summed E-state index contributed by atoms with van der Waals surface area (Å²) in [6, 6.07) is 2.07. The zero-order valence-corrected chi connectivity index (χ0v) is 12.3. The van der Waals surface area contributed by atoms with E-state index in [4.69, 9.17) is 4.74 Å². The molecule has 3 heterocycles. The summed E-state index contributed by atoms with van der Waals surface area (Å²) in [5.74, 6) is 0.489. The fraction of sp³-hybridized carbons (Fsp3) is 0.615. The van der Waals surface area contributed by atoms with Gasteiger partial charge in [-0.05, 0) is 30.9 Å². The molecule has 0 radical (unpaired) electrons. The summed E-state index contributed by atoms with van der Waals surface area (Å²) in [6.07, 6.45) is 3.09. The smallest absolute Gasteiger partial charge is 0.103 e. The van der Waals surface area contributed by atoms with Crippen molar-refractivity contribution in [2.75, 3.05) is 13.2 Å². The zero-order chi connectivity index (χ0) is 13.8. The van der Waals surface area contributed by atoms with Gasteiger partial charge >= 0.3 is 0 Å². The van der Waals surface area contributed by atoms with E-state index in [-0.39, 0.29) is 6.10 Å². The molecular weight excluding hydrogens is 274 g/mol. The molecule has 7 heteroatoms. The molecule has 0 aliphatic carbocycles. The Hall–Kier alpha value is -1.31. The van der Waals surface area contributed by atoms with Crippen LogP contribution in [0.1, 0.15) is 30.8 Å². The van der Waals surface area contributed by atoms with Crippen LogP contribution in [-0.2, 0) is 17.8 Å². The fourth-order valence-corrected chi connectivity index (χ4v) is 3.12. The summed E-state index contributed by atoms with van der Waals surface area (Å²) in [5, 5.41) is 13.8. The van der Waals surface area contributed by atoms with E-state index in [0.717, 1.165) is 38.4 Å². The second-order valence-corrected chi connectivity index (χ2v) is 5.55. The van der Waals surface area contributed by atoms with Crippen molar-refractivity contribution < 1.29 is 4.74 Å². The van der Waals surface area contributed by atoms with Crippen molar-refractivity contribution in [3.8, 4) is 0 Å². The van der Waals surface area contributed by atoms with E-state index in [2.05, 4.69) is 33.0 Å². The van der Waals surface area contributed by atoms with Gasteiger partial charge in [0.2, 0.25) is 0 Å². The molecule has 1 aliphatic heterocycles. The Morgan fingerprint density at radius 3 is 3.30 bits per heavy atom. The predicted molar refractivity (Wildman–Crippen MR) is 76.3 cm³/mol. The van der Waals surface area contributed by atoms with E-state index in [1.807, 2.05) is 16.3 Å². The van der Waals surface area contributed by atoms with E-state index in [0.29, 0.717) is 5.92 Å². The first-order valence-corrected chi connectivity index (χ1v) is 7.82. The first-order chi connectivity index (χ1) is 9.88. The average Bonchev–Trinajstić information content (AvgIpc) is 3.19. The van der Waals surface area contributed by atoms with Crippen LogP contribution in [0.25, 0.3) is 0 Å². The minimum Gasteiger partial charge on any atom is -0.372 e. The molecule has 1 N–H and O–H groups in total. The Morgan fingerprint density at radius 2 is 2.50 bits per heavy atom. The number of hydrogen-bond donors (Lipinski definition) is 1. The zero-order valence-electron chi connectivity index (χ0n) is 11.5. The summed E-state index contributed by atoms with van der Waals surface area (Å²) in [7, 11) is 0. The number of hydrogen-bond acceptors (Lipinski definition) is 6. The third-order valence-electron chi connectivity index (χ3n) is 3.67. The lowest BCUT2D eigenvalue weighted by Crippen LogP contribution is -2.25. The molecule has 0 spiro atoms. The Kier molecular flexibility index (Phi) is 4.39. The van der Waals surface area contributed by atoms with Crippen molar-refractivity contribution in [3.05, 3.63) is 29.0 Å². The largest absolute Gasteiger partial charge is 0.372 e. The quantitative estimate of drug-likeness (QED) is 0.877. The van der Waals surface area contributed by atoms with E-state index < -0.39 is 0 Å². The van der Waals surface area contributed by atoms with Crippen molar-refractivity contribution in [3.63, 3.8) is 0 Å². The summed E-state index contributed by atoms with van der Waals surface area (Å²) in [6.45, 7) is 5.51. The molecule has 6 nitrogen and oxygen atoms in total. The van der Waals surface area contributed by atoms with E-state index >= 15 is 0 Å². The molecule has 0 amide bonds. The number of ether oxygens (including phenoxy) is 1. The SMILES string of the molecule is CCn1nccc1[C@@H]1OCC[C@H]1CNCc1csnn1. The van der Waals surface area contributed by atoms with Crippen LogP contribution in [0, 0.1) is 5.92 Å². The Labute approximate surface area is 122 Å². The number of nitrogens with one attached hydrogen (secondary N) is 1. The van der Waals surface area contributed by atoms with E-state index in [9.17, 15) is 0 Å². The highest BCUT2D eigenvalue weighted by Crippen LogP contribution is 2.33. The van der Waals surface area contributed by atoms with Gasteiger partial charge < -0.3 is 10.1 Å². The minimum atomic E-state index is 0.151. The van der Waals surface area contributed by atoms with Crippen molar-refractivity contribution >= 4 is 11.5 Å². The Morgan fingerprint density at radius 1 is 1.55 bits per heavy atom. The van der Waals surface area contributed by atoms with Crippen LogP contribution in [0.5, 0.6) is 0 Å². The first kappa shape index (κ1) is 13.7. The standard InChI is InChI=1S/C13H19N5OS/c1-2-18-12(3-5-15-18)13-10(4-6-19-13)7-14-8-11-9-20-17-16-11/h3,5,9-10,13-14H,2,4,6-8H2,1H3/t10-,13+/m0/s1. The average molecular weight is 293 g/mol. The molecule has 1 aliphatic rings. The minimum absolute atomic E-state index is 0.151.